The number of benzene rings is 2. The molecule has 224 valence electrons. The van der Waals surface area contributed by atoms with E-state index in [1.54, 1.807) is 48.8 Å². The average molecular weight is 606 g/mol. The van der Waals surface area contributed by atoms with E-state index in [1.165, 1.54) is 11.0 Å². The number of esters is 2. The van der Waals surface area contributed by atoms with Crippen molar-refractivity contribution < 1.29 is 50.2 Å². The second kappa shape index (κ2) is 12.0. The number of hydrogen-bond donors (Lipinski definition) is 2. The van der Waals surface area contributed by atoms with E-state index >= 15 is 0 Å². The Kier molecular flexibility index (Phi) is 8.55. The fourth-order valence-corrected chi connectivity index (χ4v) is 4.19. The summed E-state index contributed by atoms with van der Waals surface area (Å²) in [6, 6.07) is 11.8. The second-order valence-electron chi connectivity index (χ2n) is 9.05. The molecule has 1 aliphatic heterocycles. The molecule has 0 saturated heterocycles. The van der Waals surface area contributed by atoms with Gasteiger partial charge >= 0.3 is 24.3 Å². The van der Waals surface area contributed by atoms with Crippen LogP contribution in [0.4, 0.5) is 26.3 Å². The van der Waals surface area contributed by atoms with Gasteiger partial charge < -0.3 is 20.1 Å². The summed E-state index contributed by atoms with van der Waals surface area (Å²) in [5.74, 6) is -8.67. The predicted octanol–water partition coefficient (Wildman–Crippen LogP) is 4.90. The Morgan fingerprint density at radius 3 is 1.95 bits per heavy atom. The first-order valence-electron chi connectivity index (χ1n) is 12.3. The molecular weight excluding hydrogens is 586 g/mol. The highest BCUT2D eigenvalue weighted by Gasteiger charge is 2.44. The van der Waals surface area contributed by atoms with E-state index in [-0.39, 0.29) is 25.1 Å². The highest BCUT2D eigenvalue weighted by atomic mass is 19.4. The third-order valence-corrected chi connectivity index (χ3v) is 6.23. The maximum absolute atomic E-state index is 13.1. The van der Waals surface area contributed by atoms with Gasteiger partial charge in [-0.15, -0.1) is 0 Å². The lowest BCUT2D eigenvalue weighted by Gasteiger charge is -2.28. The van der Waals surface area contributed by atoms with Crippen molar-refractivity contribution in [3.05, 3.63) is 83.7 Å². The van der Waals surface area contributed by atoms with Crippen molar-refractivity contribution in [1.29, 1.82) is 5.41 Å². The lowest BCUT2D eigenvalue weighted by atomic mass is 9.94. The number of pyridine rings is 1. The first-order chi connectivity index (χ1) is 20.2. The monoisotopic (exact) mass is 606 g/mol. The summed E-state index contributed by atoms with van der Waals surface area (Å²) in [5, 5.41) is 7.69. The number of amides is 1. The molecule has 3 aromatic rings. The topological polar surface area (TPSA) is 136 Å². The molecule has 0 fully saturated rings. The Bertz CT molecular complexity index is 1600. The van der Waals surface area contributed by atoms with Gasteiger partial charge in [-0.1, -0.05) is 18.2 Å². The average Bonchev–Trinajstić information content (AvgIpc) is 2.96. The molecule has 1 aliphatic rings. The van der Waals surface area contributed by atoms with Gasteiger partial charge in [0.25, 0.3) is 5.91 Å². The zero-order valence-corrected chi connectivity index (χ0v) is 21.8. The molecule has 43 heavy (non-hydrogen) atoms. The van der Waals surface area contributed by atoms with Gasteiger partial charge in [0.05, 0.1) is 11.1 Å². The lowest BCUT2D eigenvalue weighted by Crippen LogP contribution is -2.35. The summed E-state index contributed by atoms with van der Waals surface area (Å²) in [6.45, 7) is -0.232. The minimum Gasteiger partial charge on any atom is -0.419 e. The van der Waals surface area contributed by atoms with Crippen LogP contribution >= 0.6 is 0 Å². The van der Waals surface area contributed by atoms with Crippen molar-refractivity contribution in [2.24, 2.45) is 5.73 Å². The van der Waals surface area contributed by atoms with Crippen molar-refractivity contribution in [3.8, 4) is 22.6 Å². The number of hydrogen-bond acceptors (Lipinski definition) is 7. The summed E-state index contributed by atoms with van der Waals surface area (Å²) in [7, 11) is 0. The largest absolute Gasteiger partial charge is 0.491 e. The highest BCUT2D eigenvalue weighted by molar-refractivity contribution is 6.02. The predicted molar refractivity (Wildman–Crippen MR) is 139 cm³/mol. The quantitative estimate of drug-likeness (QED) is 0.134. The van der Waals surface area contributed by atoms with E-state index in [0.717, 1.165) is 23.3 Å². The van der Waals surface area contributed by atoms with Crippen molar-refractivity contribution in [3.63, 3.8) is 0 Å². The maximum Gasteiger partial charge on any atom is 0.491 e. The number of amidine groups is 1. The zero-order chi connectivity index (χ0) is 31.5. The van der Waals surface area contributed by atoms with Crippen LogP contribution in [0.3, 0.4) is 0 Å². The molecule has 0 aliphatic carbocycles. The Morgan fingerprint density at radius 1 is 0.837 bits per heavy atom. The van der Waals surface area contributed by atoms with E-state index in [2.05, 4.69) is 14.5 Å². The molecule has 1 amide bonds. The van der Waals surface area contributed by atoms with E-state index in [4.69, 9.17) is 11.1 Å². The first-order valence-corrected chi connectivity index (χ1v) is 12.3. The summed E-state index contributed by atoms with van der Waals surface area (Å²) in [4.78, 5) is 41.8. The third kappa shape index (κ3) is 6.99. The lowest BCUT2D eigenvalue weighted by molar-refractivity contribution is -0.190. The molecule has 2 aromatic carbocycles. The standard InChI is InChI=1S/C28H20F6N4O5/c29-27(30,31)25(40)42-20-6-5-19(23(35)36)22(43-26(41)28(32,33)34)21(20)17-9-13-38(14-10-17)24(39)18-3-1-15(2-4-18)16-7-11-37-12-8-16/h1-9,11-12H,10,13-14H2,(H3,35,36). The Hall–Kier alpha value is -5.21. The molecule has 0 unspecified atom stereocenters. The van der Waals surface area contributed by atoms with Crippen LogP contribution in [0.25, 0.3) is 16.7 Å². The molecule has 0 radical (unpaired) electrons. The number of rotatable bonds is 6. The number of ether oxygens (including phenoxy) is 2. The second-order valence-corrected chi connectivity index (χ2v) is 9.05. The van der Waals surface area contributed by atoms with E-state index in [0.29, 0.717) is 5.56 Å². The van der Waals surface area contributed by atoms with Gasteiger partial charge in [0.1, 0.15) is 11.6 Å². The molecule has 0 atom stereocenters. The third-order valence-electron chi connectivity index (χ3n) is 6.23. The van der Waals surface area contributed by atoms with Gasteiger partial charge in [0.2, 0.25) is 0 Å². The molecule has 4 rings (SSSR count). The van der Waals surface area contributed by atoms with Crippen LogP contribution in [0.5, 0.6) is 11.5 Å². The molecule has 2 heterocycles. The number of nitrogens with two attached hydrogens (primary N) is 1. The Labute approximate surface area is 239 Å². The number of alkyl halides is 6. The number of nitrogens with one attached hydrogen (secondary N) is 1. The smallest absolute Gasteiger partial charge is 0.419 e. The maximum atomic E-state index is 13.1. The number of aromatic nitrogens is 1. The van der Waals surface area contributed by atoms with Crippen molar-refractivity contribution >= 4 is 29.3 Å². The Balaban J connectivity index is 1.69. The van der Waals surface area contributed by atoms with Crippen LogP contribution in [0, 0.1) is 5.41 Å². The summed E-state index contributed by atoms with van der Waals surface area (Å²) < 4.78 is 87.1. The molecular formula is C28H20F6N4O5. The van der Waals surface area contributed by atoms with Gasteiger partial charge in [-0.2, -0.15) is 26.3 Å². The Morgan fingerprint density at radius 2 is 1.42 bits per heavy atom. The highest BCUT2D eigenvalue weighted by Crippen LogP contribution is 2.42. The van der Waals surface area contributed by atoms with Crippen LogP contribution < -0.4 is 15.2 Å². The number of carbonyl (C=O) groups excluding carboxylic acids is 3. The summed E-state index contributed by atoms with van der Waals surface area (Å²) in [6.07, 6.45) is -6.65. The van der Waals surface area contributed by atoms with Gasteiger partial charge in [-0.05, 0) is 59.5 Å². The number of halogens is 6. The minimum absolute atomic E-state index is 0.0184. The minimum atomic E-state index is -5.53. The molecule has 3 N–H and O–H groups in total. The molecule has 0 bridgehead atoms. The number of nitrogen functional groups attached to an aromatic ring is 1. The fraction of sp³-hybridized carbons (Fsp3) is 0.179. The molecule has 0 saturated carbocycles. The molecule has 15 heteroatoms. The van der Waals surface area contributed by atoms with Gasteiger partial charge in [-0.25, -0.2) is 9.59 Å². The van der Waals surface area contributed by atoms with Crippen molar-refractivity contribution in [2.75, 3.05) is 13.1 Å². The van der Waals surface area contributed by atoms with Crippen LogP contribution in [-0.2, 0) is 9.59 Å². The van der Waals surface area contributed by atoms with Crippen LogP contribution in [0.1, 0.15) is 27.9 Å². The summed E-state index contributed by atoms with van der Waals surface area (Å²) in [5.41, 5.74) is 6.23. The van der Waals surface area contributed by atoms with Gasteiger partial charge in [0.15, 0.2) is 5.75 Å². The van der Waals surface area contributed by atoms with E-state index in [1.807, 2.05) is 0 Å². The first kappa shape index (κ1) is 30.7. The molecule has 0 spiro atoms. The van der Waals surface area contributed by atoms with Crippen molar-refractivity contribution in [2.45, 2.75) is 18.8 Å². The fourth-order valence-electron chi connectivity index (χ4n) is 4.19. The molecule has 1 aromatic heterocycles. The van der Waals surface area contributed by atoms with Crippen LogP contribution in [0.15, 0.2) is 67.0 Å². The van der Waals surface area contributed by atoms with Gasteiger partial charge in [-0.3, -0.25) is 15.2 Å². The van der Waals surface area contributed by atoms with Crippen LogP contribution in [0.2, 0.25) is 0 Å². The normalized spacial score (nSPS) is 13.6. The van der Waals surface area contributed by atoms with E-state index < -0.39 is 58.7 Å². The van der Waals surface area contributed by atoms with Gasteiger partial charge in [0, 0.05) is 31.0 Å². The van der Waals surface area contributed by atoms with E-state index in [9.17, 15) is 40.7 Å². The summed E-state index contributed by atoms with van der Waals surface area (Å²) >= 11 is 0. The SMILES string of the molecule is N=C(N)c1ccc(OC(=O)C(F)(F)F)c(C2=CCN(C(=O)c3ccc(-c4ccncc4)cc3)CC2)c1OC(=O)C(F)(F)F. The number of nitrogens with zero attached hydrogens (tertiary/aromatic N) is 2. The number of carbonyl (C=O) groups is 3. The zero-order valence-electron chi connectivity index (χ0n) is 21.8. The van der Waals surface area contributed by atoms with Crippen molar-refractivity contribution in [1.82, 2.24) is 9.88 Å². The molecule has 9 nitrogen and oxygen atoms in total. The van der Waals surface area contributed by atoms with Crippen LogP contribution in [-0.4, -0.2) is 59.0 Å².